The molecule has 4 nitrogen and oxygen atoms in total. The highest BCUT2D eigenvalue weighted by atomic mass is 16.3. The van der Waals surface area contributed by atoms with Crippen LogP contribution >= 0.6 is 0 Å². The zero-order chi connectivity index (χ0) is 14.3. The average Bonchev–Trinajstić information content (AvgIpc) is 3.09. The Bertz CT molecular complexity index is 499. The van der Waals surface area contributed by atoms with Crippen molar-refractivity contribution in [3.05, 3.63) is 24.2 Å². The molecule has 0 bridgehead atoms. The normalized spacial score (nSPS) is 25.9. The van der Waals surface area contributed by atoms with Gasteiger partial charge in [0, 0.05) is 13.1 Å². The molecule has 4 rings (SSSR count). The Balaban J connectivity index is 1.34. The SMILES string of the molecule is O=C1N(CC2CC2)CCC12CCN(Cc1ccco1)CC2. The van der Waals surface area contributed by atoms with Gasteiger partial charge in [0.2, 0.25) is 5.91 Å². The first-order valence-electron chi connectivity index (χ1n) is 8.29. The van der Waals surface area contributed by atoms with Crippen molar-refractivity contribution in [3.8, 4) is 0 Å². The number of carbonyl (C=O) groups excluding carboxylic acids is 1. The summed E-state index contributed by atoms with van der Waals surface area (Å²) < 4.78 is 5.43. The minimum absolute atomic E-state index is 0.0332. The first kappa shape index (κ1) is 13.4. The van der Waals surface area contributed by atoms with Gasteiger partial charge in [0.25, 0.3) is 0 Å². The second kappa shape index (κ2) is 5.16. The molecule has 0 aromatic carbocycles. The molecule has 21 heavy (non-hydrogen) atoms. The number of likely N-dealkylation sites (tertiary alicyclic amines) is 2. The van der Waals surface area contributed by atoms with E-state index >= 15 is 0 Å². The van der Waals surface area contributed by atoms with Crippen molar-refractivity contribution in [2.75, 3.05) is 26.2 Å². The van der Waals surface area contributed by atoms with Crippen molar-refractivity contribution >= 4 is 5.91 Å². The van der Waals surface area contributed by atoms with E-state index in [1.165, 1.54) is 12.8 Å². The third kappa shape index (κ3) is 2.61. The van der Waals surface area contributed by atoms with Gasteiger partial charge in [-0.25, -0.2) is 0 Å². The molecule has 1 amide bonds. The van der Waals surface area contributed by atoms with Gasteiger partial charge in [0.1, 0.15) is 5.76 Å². The Morgan fingerprint density at radius 2 is 1.95 bits per heavy atom. The van der Waals surface area contributed by atoms with Crippen LogP contribution in [0, 0.1) is 11.3 Å². The van der Waals surface area contributed by atoms with E-state index in [9.17, 15) is 4.79 Å². The molecule has 1 aliphatic carbocycles. The van der Waals surface area contributed by atoms with Gasteiger partial charge in [-0.1, -0.05) is 0 Å². The Hall–Kier alpha value is -1.29. The molecule has 1 aromatic heterocycles. The van der Waals surface area contributed by atoms with Gasteiger partial charge in [0.15, 0.2) is 0 Å². The smallest absolute Gasteiger partial charge is 0.228 e. The quantitative estimate of drug-likeness (QED) is 0.854. The van der Waals surface area contributed by atoms with Crippen LogP contribution < -0.4 is 0 Å². The maximum Gasteiger partial charge on any atom is 0.228 e. The molecule has 1 saturated carbocycles. The monoisotopic (exact) mass is 288 g/mol. The molecule has 0 unspecified atom stereocenters. The van der Waals surface area contributed by atoms with Crippen LogP contribution in [0.2, 0.25) is 0 Å². The van der Waals surface area contributed by atoms with Crippen LogP contribution in [0.4, 0.5) is 0 Å². The number of carbonyl (C=O) groups is 1. The Morgan fingerprint density at radius 1 is 1.19 bits per heavy atom. The molecule has 1 spiro atoms. The first-order valence-corrected chi connectivity index (χ1v) is 8.29. The molecule has 4 heteroatoms. The van der Waals surface area contributed by atoms with E-state index in [1.54, 1.807) is 6.26 Å². The standard InChI is InChI=1S/C17H24N2O2/c20-16-17(7-10-19(16)12-14-3-4-14)5-8-18(9-6-17)13-15-2-1-11-21-15/h1-2,11,14H,3-10,12-13H2. The number of piperidine rings is 1. The molecule has 3 aliphatic rings. The molecule has 0 N–H and O–H groups in total. The third-order valence-electron chi connectivity index (χ3n) is 5.55. The van der Waals surface area contributed by atoms with Gasteiger partial charge in [-0.2, -0.15) is 0 Å². The van der Waals surface area contributed by atoms with E-state index in [0.29, 0.717) is 5.91 Å². The van der Waals surface area contributed by atoms with Crippen LogP contribution in [0.3, 0.4) is 0 Å². The summed E-state index contributed by atoms with van der Waals surface area (Å²) in [4.78, 5) is 17.3. The van der Waals surface area contributed by atoms with Gasteiger partial charge in [0.05, 0.1) is 18.2 Å². The Kier molecular flexibility index (Phi) is 3.29. The van der Waals surface area contributed by atoms with E-state index in [2.05, 4.69) is 9.80 Å². The van der Waals surface area contributed by atoms with Crippen LogP contribution in [0.1, 0.15) is 37.9 Å². The lowest BCUT2D eigenvalue weighted by molar-refractivity contribution is -0.138. The highest BCUT2D eigenvalue weighted by Crippen LogP contribution is 2.43. The fraction of sp³-hybridized carbons (Fsp3) is 0.706. The summed E-state index contributed by atoms with van der Waals surface area (Å²) >= 11 is 0. The summed E-state index contributed by atoms with van der Waals surface area (Å²) in [5.41, 5.74) is -0.0332. The maximum absolute atomic E-state index is 12.8. The minimum Gasteiger partial charge on any atom is -0.468 e. The van der Waals surface area contributed by atoms with E-state index in [1.807, 2.05) is 12.1 Å². The molecule has 3 fully saturated rings. The van der Waals surface area contributed by atoms with E-state index in [-0.39, 0.29) is 5.41 Å². The van der Waals surface area contributed by atoms with Crippen molar-refractivity contribution in [1.82, 2.24) is 9.80 Å². The van der Waals surface area contributed by atoms with Crippen molar-refractivity contribution in [2.45, 2.75) is 38.6 Å². The summed E-state index contributed by atoms with van der Waals surface area (Å²) in [6, 6.07) is 3.97. The Morgan fingerprint density at radius 3 is 2.62 bits per heavy atom. The van der Waals surface area contributed by atoms with Crippen LogP contribution in [-0.4, -0.2) is 41.9 Å². The minimum atomic E-state index is -0.0332. The van der Waals surface area contributed by atoms with E-state index < -0.39 is 0 Å². The van der Waals surface area contributed by atoms with Gasteiger partial charge in [-0.05, 0) is 63.2 Å². The number of hydrogen-bond acceptors (Lipinski definition) is 3. The van der Waals surface area contributed by atoms with Crippen molar-refractivity contribution in [2.24, 2.45) is 11.3 Å². The molecule has 114 valence electrons. The van der Waals surface area contributed by atoms with Gasteiger partial charge >= 0.3 is 0 Å². The molecule has 3 heterocycles. The van der Waals surface area contributed by atoms with Crippen LogP contribution in [-0.2, 0) is 11.3 Å². The number of amides is 1. The predicted octanol–water partition coefficient (Wildman–Crippen LogP) is 2.50. The average molecular weight is 288 g/mol. The van der Waals surface area contributed by atoms with E-state index in [4.69, 9.17) is 4.42 Å². The van der Waals surface area contributed by atoms with Crippen LogP contribution in [0.15, 0.2) is 22.8 Å². The van der Waals surface area contributed by atoms with Crippen molar-refractivity contribution < 1.29 is 9.21 Å². The first-order chi connectivity index (χ1) is 10.3. The summed E-state index contributed by atoms with van der Waals surface area (Å²) in [7, 11) is 0. The summed E-state index contributed by atoms with van der Waals surface area (Å²) in [6.45, 7) is 4.93. The zero-order valence-electron chi connectivity index (χ0n) is 12.6. The van der Waals surface area contributed by atoms with Crippen molar-refractivity contribution in [1.29, 1.82) is 0 Å². The maximum atomic E-state index is 12.8. The highest BCUT2D eigenvalue weighted by molar-refractivity contribution is 5.85. The van der Waals surface area contributed by atoms with Gasteiger partial charge in [-0.3, -0.25) is 9.69 Å². The number of hydrogen-bond donors (Lipinski definition) is 0. The second-order valence-corrected chi connectivity index (χ2v) is 7.08. The fourth-order valence-corrected chi connectivity index (χ4v) is 3.91. The molecule has 2 aliphatic heterocycles. The predicted molar refractivity (Wildman–Crippen MR) is 79.6 cm³/mol. The lowest BCUT2D eigenvalue weighted by atomic mass is 9.77. The lowest BCUT2D eigenvalue weighted by Crippen LogP contribution is -2.44. The number of furan rings is 1. The topological polar surface area (TPSA) is 36.7 Å². The van der Waals surface area contributed by atoms with Crippen LogP contribution in [0.25, 0.3) is 0 Å². The fourth-order valence-electron chi connectivity index (χ4n) is 3.91. The van der Waals surface area contributed by atoms with Gasteiger partial charge < -0.3 is 9.32 Å². The Labute approximate surface area is 126 Å². The van der Waals surface area contributed by atoms with Crippen LogP contribution in [0.5, 0.6) is 0 Å². The second-order valence-electron chi connectivity index (χ2n) is 7.08. The number of nitrogens with zero attached hydrogens (tertiary/aromatic N) is 2. The molecular formula is C17H24N2O2. The summed E-state index contributed by atoms with van der Waals surface area (Å²) in [5, 5.41) is 0. The summed E-state index contributed by atoms with van der Waals surface area (Å²) in [6.07, 6.45) is 7.51. The summed E-state index contributed by atoms with van der Waals surface area (Å²) in [5.74, 6) is 2.29. The zero-order valence-corrected chi connectivity index (χ0v) is 12.6. The largest absolute Gasteiger partial charge is 0.468 e. The highest BCUT2D eigenvalue weighted by Gasteiger charge is 2.48. The molecule has 2 saturated heterocycles. The lowest BCUT2D eigenvalue weighted by Gasteiger charge is -2.37. The third-order valence-corrected chi connectivity index (χ3v) is 5.55. The van der Waals surface area contributed by atoms with E-state index in [0.717, 1.165) is 63.7 Å². The molecule has 0 radical (unpaired) electrons. The van der Waals surface area contributed by atoms with Crippen molar-refractivity contribution in [3.63, 3.8) is 0 Å². The molecule has 0 atom stereocenters. The molecule has 1 aromatic rings. The molecular weight excluding hydrogens is 264 g/mol. The number of rotatable bonds is 4. The van der Waals surface area contributed by atoms with Gasteiger partial charge in [-0.15, -0.1) is 0 Å².